The molecular weight excluding hydrogens is 275 g/mol. The zero-order valence-corrected chi connectivity index (χ0v) is 12.1. The number of nitrogens with one attached hydrogen (secondary N) is 2. The topological polar surface area (TPSA) is 74.3 Å². The minimum atomic E-state index is -0.672. The lowest BCUT2D eigenvalue weighted by Gasteiger charge is -2.33. The average Bonchev–Trinajstić information content (AvgIpc) is 2.48. The number of rotatable bonds is 4. The molecule has 2 rings (SSSR count). The monoisotopic (exact) mass is 294 g/mol. The minimum absolute atomic E-state index is 0.0647. The fourth-order valence-corrected chi connectivity index (χ4v) is 2.19. The second-order valence-corrected chi connectivity index (χ2v) is 4.91. The van der Waals surface area contributed by atoms with Crippen LogP contribution in [0.3, 0.4) is 0 Å². The fourth-order valence-electron chi connectivity index (χ4n) is 2.19. The molecule has 1 atom stereocenters. The van der Waals surface area contributed by atoms with E-state index in [9.17, 15) is 14.0 Å². The van der Waals surface area contributed by atoms with Gasteiger partial charge in [-0.2, -0.15) is 0 Å². The predicted octanol–water partition coefficient (Wildman–Crippen LogP) is 1.00. The number of aromatic nitrogens is 1. The molecule has 1 aromatic heterocycles. The van der Waals surface area contributed by atoms with Crippen LogP contribution in [0.15, 0.2) is 12.3 Å². The Hall–Kier alpha value is -2.18. The Bertz CT molecular complexity index is 550. The highest BCUT2D eigenvalue weighted by molar-refractivity contribution is 5.98. The molecule has 2 amide bonds. The predicted molar refractivity (Wildman–Crippen MR) is 76.5 cm³/mol. The van der Waals surface area contributed by atoms with Crippen molar-refractivity contribution in [2.45, 2.75) is 26.3 Å². The first-order valence-electron chi connectivity index (χ1n) is 7.03. The lowest BCUT2D eigenvalue weighted by Crippen LogP contribution is -2.56. The SMILES string of the molecule is CCCNc1nccc(C(=O)N2CCNC(=O)C2C)c1F. The first kappa shape index (κ1) is 15.2. The standard InChI is InChI=1S/C14H19FN4O2/c1-3-5-16-12-11(15)10(4-6-17-12)14(21)19-8-7-18-13(20)9(19)2/h4,6,9H,3,5,7-8H2,1-2H3,(H,16,17)(H,18,20). The molecule has 21 heavy (non-hydrogen) atoms. The van der Waals surface area contributed by atoms with Crippen molar-refractivity contribution in [1.29, 1.82) is 0 Å². The van der Waals surface area contributed by atoms with E-state index in [1.807, 2.05) is 6.92 Å². The number of halogens is 1. The molecule has 1 unspecified atom stereocenters. The van der Waals surface area contributed by atoms with Crippen LogP contribution in [0.4, 0.5) is 10.2 Å². The van der Waals surface area contributed by atoms with Gasteiger partial charge in [-0.25, -0.2) is 9.37 Å². The zero-order valence-electron chi connectivity index (χ0n) is 12.1. The third kappa shape index (κ3) is 3.12. The lowest BCUT2D eigenvalue weighted by atomic mass is 10.1. The highest BCUT2D eigenvalue weighted by atomic mass is 19.1. The largest absolute Gasteiger partial charge is 0.368 e. The smallest absolute Gasteiger partial charge is 0.257 e. The van der Waals surface area contributed by atoms with Crippen molar-refractivity contribution < 1.29 is 14.0 Å². The summed E-state index contributed by atoms with van der Waals surface area (Å²) < 4.78 is 14.4. The molecule has 0 spiro atoms. The Kier molecular flexibility index (Phi) is 4.72. The summed E-state index contributed by atoms with van der Waals surface area (Å²) in [4.78, 5) is 29.3. The molecule has 0 aliphatic carbocycles. The molecule has 0 aromatic carbocycles. The minimum Gasteiger partial charge on any atom is -0.368 e. The first-order chi connectivity index (χ1) is 10.1. The molecular formula is C14H19FN4O2. The zero-order chi connectivity index (χ0) is 15.4. The van der Waals surface area contributed by atoms with E-state index >= 15 is 0 Å². The van der Waals surface area contributed by atoms with Gasteiger partial charge in [-0.05, 0) is 19.4 Å². The first-order valence-corrected chi connectivity index (χ1v) is 7.03. The molecule has 1 aliphatic rings. The maximum atomic E-state index is 14.4. The fraction of sp³-hybridized carbons (Fsp3) is 0.500. The van der Waals surface area contributed by atoms with Gasteiger partial charge >= 0.3 is 0 Å². The summed E-state index contributed by atoms with van der Waals surface area (Å²) >= 11 is 0. The van der Waals surface area contributed by atoms with E-state index < -0.39 is 17.8 Å². The molecule has 7 heteroatoms. The molecule has 114 valence electrons. The molecule has 0 bridgehead atoms. The van der Waals surface area contributed by atoms with E-state index in [2.05, 4.69) is 15.6 Å². The number of pyridine rings is 1. The van der Waals surface area contributed by atoms with Gasteiger partial charge in [0.2, 0.25) is 5.91 Å². The summed E-state index contributed by atoms with van der Waals surface area (Å²) in [6.45, 7) is 4.90. The maximum absolute atomic E-state index is 14.4. The van der Waals surface area contributed by atoms with Gasteiger partial charge in [-0.3, -0.25) is 9.59 Å². The van der Waals surface area contributed by atoms with Crippen molar-refractivity contribution in [3.05, 3.63) is 23.6 Å². The van der Waals surface area contributed by atoms with Gasteiger partial charge in [0.25, 0.3) is 5.91 Å². The van der Waals surface area contributed by atoms with E-state index in [4.69, 9.17) is 0 Å². The average molecular weight is 294 g/mol. The van der Waals surface area contributed by atoms with Crippen LogP contribution in [0, 0.1) is 5.82 Å². The van der Waals surface area contributed by atoms with Crippen molar-refractivity contribution in [2.75, 3.05) is 25.0 Å². The van der Waals surface area contributed by atoms with Gasteiger partial charge in [0, 0.05) is 25.8 Å². The highest BCUT2D eigenvalue weighted by Crippen LogP contribution is 2.18. The molecule has 1 saturated heterocycles. The number of carbonyl (C=O) groups is 2. The summed E-state index contributed by atoms with van der Waals surface area (Å²) in [5.74, 6) is -1.32. The van der Waals surface area contributed by atoms with E-state index in [0.717, 1.165) is 6.42 Å². The van der Waals surface area contributed by atoms with Crippen LogP contribution in [-0.4, -0.2) is 47.4 Å². The number of hydrogen-bond acceptors (Lipinski definition) is 4. The lowest BCUT2D eigenvalue weighted by molar-refractivity contribution is -0.127. The van der Waals surface area contributed by atoms with E-state index in [1.54, 1.807) is 6.92 Å². The van der Waals surface area contributed by atoms with Gasteiger partial charge in [0.1, 0.15) is 6.04 Å². The second-order valence-electron chi connectivity index (χ2n) is 4.91. The van der Waals surface area contributed by atoms with E-state index in [-0.39, 0.29) is 17.3 Å². The van der Waals surface area contributed by atoms with Gasteiger partial charge < -0.3 is 15.5 Å². The Balaban J connectivity index is 2.24. The number of hydrogen-bond donors (Lipinski definition) is 2. The molecule has 2 N–H and O–H groups in total. The van der Waals surface area contributed by atoms with E-state index in [0.29, 0.717) is 19.6 Å². The van der Waals surface area contributed by atoms with Crippen LogP contribution in [-0.2, 0) is 4.79 Å². The molecule has 2 heterocycles. The molecule has 0 saturated carbocycles. The van der Waals surface area contributed by atoms with Crippen LogP contribution in [0.2, 0.25) is 0 Å². The summed E-state index contributed by atoms with van der Waals surface area (Å²) in [5, 5.41) is 5.52. The normalized spacial score (nSPS) is 18.3. The summed E-state index contributed by atoms with van der Waals surface area (Å²) in [6, 6.07) is 0.736. The summed E-state index contributed by atoms with van der Waals surface area (Å²) in [7, 11) is 0. The van der Waals surface area contributed by atoms with Gasteiger partial charge in [0.15, 0.2) is 11.6 Å². The van der Waals surface area contributed by atoms with Crippen LogP contribution in [0.1, 0.15) is 30.6 Å². The number of anilines is 1. The van der Waals surface area contributed by atoms with Gasteiger partial charge in [-0.15, -0.1) is 0 Å². The highest BCUT2D eigenvalue weighted by Gasteiger charge is 2.31. The molecule has 6 nitrogen and oxygen atoms in total. The molecule has 0 radical (unpaired) electrons. The van der Waals surface area contributed by atoms with Crippen LogP contribution < -0.4 is 10.6 Å². The quantitative estimate of drug-likeness (QED) is 0.869. The Morgan fingerprint density at radius 1 is 1.62 bits per heavy atom. The van der Waals surface area contributed by atoms with E-state index in [1.165, 1.54) is 17.2 Å². The summed E-state index contributed by atoms with van der Waals surface area (Å²) in [6.07, 6.45) is 2.21. The number of amides is 2. The Morgan fingerprint density at radius 2 is 2.38 bits per heavy atom. The third-order valence-corrected chi connectivity index (χ3v) is 3.42. The summed E-state index contributed by atoms with van der Waals surface area (Å²) in [5.41, 5.74) is -0.0647. The number of carbonyl (C=O) groups excluding carboxylic acids is 2. The van der Waals surface area contributed by atoms with Gasteiger partial charge in [-0.1, -0.05) is 6.92 Å². The van der Waals surface area contributed by atoms with Crippen molar-refractivity contribution in [2.24, 2.45) is 0 Å². The molecule has 1 aliphatic heterocycles. The van der Waals surface area contributed by atoms with Crippen molar-refractivity contribution >= 4 is 17.6 Å². The van der Waals surface area contributed by atoms with Crippen LogP contribution >= 0.6 is 0 Å². The Morgan fingerprint density at radius 3 is 3.10 bits per heavy atom. The Labute approximate surface area is 122 Å². The van der Waals surface area contributed by atoms with Gasteiger partial charge in [0.05, 0.1) is 5.56 Å². The van der Waals surface area contributed by atoms with Crippen molar-refractivity contribution in [3.8, 4) is 0 Å². The number of nitrogens with zero attached hydrogens (tertiary/aromatic N) is 2. The van der Waals surface area contributed by atoms with Crippen LogP contribution in [0.25, 0.3) is 0 Å². The maximum Gasteiger partial charge on any atom is 0.257 e. The number of piperazine rings is 1. The molecule has 1 aromatic rings. The third-order valence-electron chi connectivity index (χ3n) is 3.42. The second kappa shape index (κ2) is 6.51. The van der Waals surface area contributed by atoms with Crippen molar-refractivity contribution in [3.63, 3.8) is 0 Å². The van der Waals surface area contributed by atoms with Crippen molar-refractivity contribution in [1.82, 2.24) is 15.2 Å². The van der Waals surface area contributed by atoms with Crippen LogP contribution in [0.5, 0.6) is 0 Å². The molecule has 1 fully saturated rings.